The van der Waals surface area contributed by atoms with E-state index in [9.17, 15) is 0 Å². The standard InChI is InChI=1S/C10H11N/c1-4-5-10-6-8(2)9(3)11-7-10/h5-7H,1H2,2-3H3. The average Bonchev–Trinajstić information content (AvgIpc) is 1.98. The van der Waals surface area contributed by atoms with Crippen molar-refractivity contribution in [1.29, 1.82) is 0 Å². The van der Waals surface area contributed by atoms with Crippen molar-refractivity contribution >= 4 is 6.08 Å². The monoisotopic (exact) mass is 145 g/mol. The van der Waals surface area contributed by atoms with Gasteiger partial charge in [0.15, 0.2) is 0 Å². The van der Waals surface area contributed by atoms with Gasteiger partial charge in [0.05, 0.1) is 0 Å². The van der Waals surface area contributed by atoms with Crippen LogP contribution in [0.4, 0.5) is 0 Å². The molecule has 0 saturated carbocycles. The van der Waals surface area contributed by atoms with Crippen LogP contribution in [0.2, 0.25) is 0 Å². The molecule has 0 aliphatic heterocycles. The molecule has 0 saturated heterocycles. The molecule has 0 N–H and O–H groups in total. The summed E-state index contributed by atoms with van der Waals surface area (Å²) in [6.07, 6.45) is 3.64. The molecule has 0 spiro atoms. The number of aryl methyl sites for hydroxylation is 2. The van der Waals surface area contributed by atoms with Crippen LogP contribution < -0.4 is 0 Å². The molecule has 0 aliphatic carbocycles. The molecular weight excluding hydrogens is 134 g/mol. The summed E-state index contributed by atoms with van der Waals surface area (Å²) in [4.78, 5) is 4.20. The van der Waals surface area contributed by atoms with Crippen molar-refractivity contribution in [3.05, 3.63) is 41.4 Å². The highest BCUT2D eigenvalue weighted by Crippen LogP contribution is 2.06. The third-order valence-corrected chi connectivity index (χ3v) is 1.63. The van der Waals surface area contributed by atoms with Gasteiger partial charge in [0, 0.05) is 17.5 Å². The molecule has 1 nitrogen and oxygen atoms in total. The van der Waals surface area contributed by atoms with Crippen LogP contribution in [0.15, 0.2) is 24.6 Å². The van der Waals surface area contributed by atoms with Crippen molar-refractivity contribution in [3.8, 4) is 0 Å². The van der Waals surface area contributed by atoms with E-state index in [4.69, 9.17) is 0 Å². The molecule has 1 heteroatoms. The maximum Gasteiger partial charge on any atom is 0.0402 e. The molecular formula is C10H11N. The molecule has 11 heavy (non-hydrogen) atoms. The zero-order valence-corrected chi connectivity index (χ0v) is 6.89. The minimum atomic E-state index is 1.06. The third-order valence-electron chi connectivity index (χ3n) is 1.63. The van der Waals surface area contributed by atoms with Crippen LogP contribution in [0, 0.1) is 13.8 Å². The lowest BCUT2D eigenvalue weighted by Crippen LogP contribution is -1.86. The maximum absolute atomic E-state index is 4.20. The largest absolute Gasteiger partial charge is 0.261 e. The Balaban J connectivity index is 3.14. The van der Waals surface area contributed by atoms with E-state index >= 15 is 0 Å². The fourth-order valence-corrected chi connectivity index (χ4v) is 0.862. The van der Waals surface area contributed by atoms with Gasteiger partial charge in [-0.1, -0.05) is 6.58 Å². The van der Waals surface area contributed by atoms with Crippen molar-refractivity contribution < 1.29 is 0 Å². The number of nitrogens with zero attached hydrogens (tertiary/aromatic N) is 1. The van der Waals surface area contributed by atoms with Crippen LogP contribution in [0.5, 0.6) is 0 Å². The van der Waals surface area contributed by atoms with E-state index < -0.39 is 0 Å². The first-order valence-corrected chi connectivity index (χ1v) is 3.53. The van der Waals surface area contributed by atoms with Crippen molar-refractivity contribution in [2.45, 2.75) is 13.8 Å². The van der Waals surface area contributed by atoms with Gasteiger partial charge < -0.3 is 0 Å². The highest BCUT2D eigenvalue weighted by atomic mass is 14.7. The SMILES string of the molecule is C=C=Cc1cnc(C)c(C)c1. The number of hydrogen-bond donors (Lipinski definition) is 0. The summed E-state index contributed by atoms with van der Waals surface area (Å²) in [5.41, 5.74) is 6.05. The summed E-state index contributed by atoms with van der Waals surface area (Å²) in [6, 6.07) is 2.07. The molecule has 56 valence electrons. The first-order chi connectivity index (χ1) is 5.24. The third kappa shape index (κ3) is 1.79. The number of rotatable bonds is 1. The molecule has 0 amide bonds. The van der Waals surface area contributed by atoms with Gasteiger partial charge in [-0.2, -0.15) is 0 Å². The summed E-state index contributed by atoms with van der Waals surface area (Å²) in [7, 11) is 0. The summed E-state index contributed by atoms with van der Waals surface area (Å²) >= 11 is 0. The number of aromatic nitrogens is 1. The molecule has 1 aromatic heterocycles. The molecule has 0 aliphatic rings. The Morgan fingerprint density at radius 3 is 2.82 bits per heavy atom. The Hall–Kier alpha value is -1.33. The molecule has 0 bridgehead atoms. The fourth-order valence-electron chi connectivity index (χ4n) is 0.862. The van der Waals surface area contributed by atoms with E-state index in [0.717, 1.165) is 11.3 Å². The number of hydrogen-bond acceptors (Lipinski definition) is 1. The zero-order valence-electron chi connectivity index (χ0n) is 6.89. The average molecular weight is 145 g/mol. The summed E-state index contributed by atoms with van der Waals surface area (Å²) in [5, 5.41) is 0. The van der Waals surface area contributed by atoms with E-state index in [1.165, 1.54) is 5.56 Å². The van der Waals surface area contributed by atoms with Gasteiger partial charge in [-0.3, -0.25) is 4.98 Å². The quantitative estimate of drug-likeness (QED) is 0.553. The van der Waals surface area contributed by atoms with E-state index in [2.05, 4.69) is 23.4 Å². The van der Waals surface area contributed by atoms with Gasteiger partial charge in [-0.05, 0) is 31.6 Å². The van der Waals surface area contributed by atoms with Gasteiger partial charge in [0.2, 0.25) is 0 Å². The van der Waals surface area contributed by atoms with Crippen molar-refractivity contribution in [3.63, 3.8) is 0 Å². The van der Waals surface area contributed by atoms with E-state index in [1.54, 1.807) is 0 Å². The first kappa shape index (κ1) is 7.77. The minimum absolute atomic E-state index is 1.06. The van der Waals surface area contributed by atoms with Crippen molar-refractivity contribution in [2.24, 2.45) is 0 Å². The Labute approximate surface area is 67.1 Å². The fraction of sp³-hybridized carbons (Fsp3) is 0.200. The van der Waals surface area contributed by atoms with Crippen molar-refractivity contribution in [2.75, 3.05) is 0 Å². The predicted octanol–water partition coefficient (Wildman–Crippen LogP) is 2.50. The molecule has 1 aromatic rings. The predicted molar refractivity (Wildman–Crippen MR) is 47.3 cm³/mol. The van der Waals surface area contributed by atoms with Gasteiger partial charge in [-0.15, -0.1) is 5.73 Å². The van der Waals surface area contributed by atoms with Gasteiger partial charge in [-0.25, -0.2) is 0 Å². The Morgan fingerprint density at radius 1 is 1.55 bits per heavy atom. The highest BCUT2D eigenvalue weighted by Gasteiger charge is 1.92. The van der Waals surface area contributed by atoms with Crippen LogP contribution in [0.25, 0.3) is 6.08 Å². The summed E-state index contributed by atoms with van der Waals surface area (Å²) in [5.74, 6) is 0. The van der Waals surface area contributed by atoms with Gasteiger partial charge in [0.1, 0.15) is 0 Å². The highest BCUT2D eigenvalue weighted by molar-refractivity contribution is 5.48. The molecule has 0 aromatic carbocycles. The molecule has 0 fully saturated rings. The van der Waals surface area contributed by atoms with E-state index in [0.29, 0.717) is 0 Å². The molecule has 1 heterocycles. The number of pyridine rings is 1. The lowest BCUT2D eigenvalue weighted by molar-refractivity contribution is 1.14. The summed E-state index contributed by atoms with van der Waals surface area (Å²) in [6.45, 7) is 7.54. The minimum Gasteiger partial charge on any atom is -0.261 e. The molecule has 0 radical (unpaired) electrons. The Morgan fingerprint density at radius 2 is 2.27 bits per heavy atom. The Bertz CT molecular complexity index is 307. The van der Waals surface area contributed by atoms with Crippen molar-refractivity contribution in [1.82, 2.24) is 4.98 Å². The van der Waals surface area contributed by atoms with Crippen LogP contribution in [0.1, 0.15) is 16.8 Å². The summed E-state index contributed by atoms with van der Waals surface area (Å²) < 4.78 is 0. The smallest absolute Gasteiger partial charge is 0.0402 e. The molecule has 1 rings (SSSR count). The topological polar surface area (TPSA) is 12.9 Å². The van der Waals surface area contributed by atoms with Gasteiger partial charge >= 0.3 is 0 Å². The maximum atomic E-state index is 4.20. The lowest BCUT2D eigenvalue weighted by Gasteiger charge is -1.98. The second kappa shape index (κ2) is 3.18. The zero-order chi connectivity index (χ0) is 8.27. The lowest BCUT2D eigenvalue weighted by atomic mass is 10.1. The second-order valence-corrected chi connectivity index (χ2v) is 2.52. The normalized spacial score (nSPS) is 8.91. The van der Waals surface area contributed by atoms with Crippen LogP contribution in [0.3, 0.4) is 0 Å². The molecule has 0 atom stereocenters. The van der Waals surface area contributed by atoms with Gasteiger partial charge in [0.25, 0.3) is 0 Å². The van der Waals surface area contributed by atoms with E-state index in [-0.39, 0.29) is 0 Å². The van der Waals surface area contributed by atoms with Crippen LogP contribution in [-0.2, 0) is 0 Å². The second-order valence-electron chi connectivity index (χ2n) is 2.52. The van der Waals surface area contributed by atoms with E-state index in [1.807, 2.05) is 26.1 Å². The van der Waals surface area contributed by atoms with Crippen LogP contribution >= 0.6 is 0 Å². The Kier molecular flexibility index (Phi) is 2.25. The van der Waals surface area contributed by atoms with Crippen LogP contribution in [-0.4, -0.2) is 4.98 Å². The first-order valence-electron chi connectivity index (χ1n) is 3.53. The molecule has 0 unspecified atom stereocenters.